The molecule has 0 N–H and O–H groups in total. The lowest BCUT2D eigenvalue weighted by Gasteiger charge is -2.35. The third-order valence-corrected chi connectivity index (χ3v) is 5.81. The highest BCUT2D eigenvalue weighted by Crippen LogP contribution is 2.20. The number of hydrogen-bond donors (Lipinski definition) is 0. The Morgan fingerprint density at radius 1 is 0.652 bits per heavy atom. The number of rotatable bonds is 1. The van der Waals surface area contributed by atoms with E-state index in [1.165, 1.54) is 84.5 Å². The SMILES string of the molecule is C=C.CN1CCC(N2CCCC2)C1.CN1CCN2CCCC2C1.[HH]. The molecule has 0 radical (unpaired) electrons. The minimum Gasteiger partial charge on any atom is -0.305 e. The van der Waals surface area contributed by atoms with Crippen LogP contribution in [0.4, 0.5) is 0 Å². The highest BCUT2D eigenvalue weighted by Gasteiger charge is 2.28. The molecule has 4 fully saturated rings. The molecule has 2 unspecified atom stereocenters. The van der Waals surface area contributed by atoms with Crippen molar-refractivity contribution in [2.75, 3.05) is 66.5 Å². The van der Waals surface area contributed by atoms with Gasteiger partial charge in [-0.3, -0.25) is 9.80 Å². The molecule has 4 rings (SSSR count). The maximum atomic E-state index is 3.00. The van der Waals surface area contributed by atoms with Gasteiger partial charge in [-0.25, -0.2) is 0 Å². The summed E-state index contributed by atoms with van der Waals surface area (Å²) < 4.78 is 0. The maximum absolute atomic E-state index is 3.00. The number of likely N-dealkylation sites (N-methyl/N-ethyl adjacent to an activating group) is 2. The summed E-state index contributed by atoms with van der Waals surface area (Å²) in [7, 11) is 4.46. The third-order valence-electron chi connectivity index (χ3n) is 5.81. The lowest BCUT2D eigenvalue weighted by atomic mass is 10.2. The van der Waals surface area contributed by atoms with Gasteiger partial charge in [-0.1, -0.05) is 0 Å². The van der Waals surface area contributed by atoms with Crippen LogP contribution < -0.4 is 0 Å². The molecule has 4 aliphatic heterocycles. The van der Waals surface area contributed by atoms with Gasteiger partial charge in [-0.2, -0.15) is 0 Å². The van der Waals surface area contributed by atoms with Crippen LogP contribution >= 0.6 is 0 Å². The quantitative estimate of drug-likeness (QED) is 0.686. The van der Waals surface area contributed by atoms with Gasteiger partial charge in [-0.05, 0) is 72.4 Å². The minimum atomic E-state index is 0. The fraction of sp³-hybridized carbons (Fsp3) is 0.895. The summed E-state index contributed by atoms with van der Waals surface area (Å²) in [4.78, 5) is 10.2. The van der Waals surface area contributed by atoms with Crippen molar-refractivity contribution < 1.29 is 1.43 Å². The van der Waals surface area contributed by atoms with E-state index in [2.05, 4.69) is 46.9 Å². The topological polar surface area (TPSA) is 13.0 Å². The van der Waals surface area contributed by atoms with Crippen LogP contribution in [0.3, 0.4) is 0 Å². The lowest BCUT2D eigenvalue weighted by molar-refractivity contribution is 0.124. The molecule has 4 aliphatic rings. The largest absolute Gasteiger partial charge is 0.305 e. The first kappa shape index (κ1) is 18.9. The normalized spacial score (nSPS) is 32.8. The number of likely N-dealkylation sites (tertiary alicyclic amines) is 2. The zero-order chi connectivity index (χ0) is 16.7. The highest BCUT2D eigenvalue weighted by molar-refractivity contribution is 4.85. The summed E-state index contributed by atoms with van der Waals surface area (Å²) in [6.07, 6.45) is 7.12. The van der Waals surface area contributed by atoms with Crippen molar-refractivity contribution in [1.29, 1.82) is 0 Å². The summed E-state index contributed by atoms with van der Waals surface area (Å²) in [6.45, 7) is 16.6. The average molecular weight is 325 g/mol. The van der Waals surface area contributed by atoms with Crippen molar-refractivity contribution in [3.05, 3.63) is 13.2 Å². The number of hydrogen-bond acceptors (Lipinski definition) is 4. The summed E-state index contributed by atoms with van der Waals surface area (Å²) >= 11 is 0. The molecule has 0 amide bonds. The fourth-order valence-corrected chi connectivity index (χ4v) is 4.46. The van der Waals surface area contributed by atoms with E-state index in [-0.39, 0.29) is 1.43 Å². The predicted molar refractivity (Wildman–Crippen MR) is 102 cm³/mol. The summed E-state index contributed by atoms with van der Waals surface area (Å²) in [6, 6.07) is 1.79. The smallest absolute Gasteiger partial charge is 0.0235 e. The molecule has 4 heterocycles. The molecular formula is C19H40N4. The molecule has 4 nitrogen and oxygen atoms in total. The van der Waals surface area contributed by atoms with Crippen LogP contribution in [0.5, 0.6) is 0 Å². The van der Waals surface area contributed by atoms with E-state index >= 15 is 0 Å². The molecule has 0 spiro atoms. The second-order valence-corrected chi connectivity index (χ2v) is 7.54. The second kappa shape index (κ2) is 9.77. The zero-order valence-corrected chi connectivity index (χ0v) is 15.6. The first-order chi connectivity index (χ1) is 11.2. The third kappa shape index (κ3) is 5.56. The van der Waals surface area contributed by atoms with Crippen LogP contribution in [-0.4, -0.2) is 98.1 Å². The first-order valence-electron chi connectivity index (χ1n) is 9.57. The standard InChI is InChI=1S/C9H18N2.C8H16N2.C2H4.H2/c1-10-7-4-9(8-10)11-5-2-3-6-11;1-9-5-6-10-4-2-3-8(10)7-9;1-2;/h9H,2-8H2,1H3;8H,2-7H2,1H3;1-2H2;1H. The maximum Gasteiger partial charge on any atom is 0.0235 e. The van der Waals surface area contributed by atoms with Gasteiger partial charge >= 0.3 is 0 Å². The Hall–Kier alpha value is -0.420. The van der Waals surface area contributed by atoms with Crippen LogP contribution in [0.15, 0.2) is 13.2 Å². The molecule has 2 atom stereocenters. The lowest BCUT2D eigenvalue weighted by Crippen LogP contribution is -2.48. The molecular weight excluding hydrogens is 284 g/mol. The van der Waals surface area contributed by atoms with Gasteiger partial charge in [-0.15, -0.1) is 13.2 Å². The van der Waals surface area contributed by atoms with Gasteiger partial charge in [0.25, 0.3) is 0 Å². The van der Waals surface area contributed by atoms with Crippen LogP contribution in [0, 0.1) is 0 Å². The van der Waals surface area contributed by atoms with Crippen molar-refractivity contribution in [3.63, 3.8) is 0 Å². The zero-order valence-electron chi connectivity index (χ0n) is 15.6. The number of nitrogens with zero attached hydrogens (tertiary/aromatic N) is 4. The molecule has 0 aromatic heterocycles. The number of fused-ring (bicyclic) bond motifs is 1. The van der Waals surface area contributed by atoms with Gasteiger partial charge in [0.1, 0.15) is 0 Å². The van der Waals surface area contributed by atoms with E-state index in [0.29, 0.717) is 0 Å². The van der Waals surface area contributed by atoms with Crippen molar-refractivity contribution in [2.24, 2.45) is 0 Å². The first-order valence-corrected chi connectivity index (χ1v) is 9.57. The van der Waals surface area contributed by atoms with Gasteiger partial charge in [0, 0.05) is 39.7 Å². The molecule has 0 aromatic carbocycles. The summed E-state index contributed by atoms with van der Waals surface area (Å²) in [5.41, 5.74) is 0. The molecule has 23 heavy (non-hydrogen) atoms. The Kier molecular flexibility index (Phi) is 8.04. The molecule has 0 bridgehead atoms. The Morgan fingerprint density at radius 3 is 1.78 bits per heavy atom. The van der Waals surface area contributed by atoms with Gasteiger partial charge in [0.05, 0.1) is 0 Å². The molecule has 136 valence electrons. The Labute approximate surface area is 145 Å². The van der Waals surface area contributed by atoms with E-state index < -0.39 is 0 Å². The van der Waals surface area contributed by atoms with Gasteiger partial charge in [0.2, 0.25) is 0 Å². The average Bonchev–Trinajstić information content (AvgIpc) is 3.30. The van der Waals surface area contributed by atoms with Crippen molar-refractivity contribution in [2.45, 2.75) is 44.2 Å². The minimum absolute atomic E-state index is 0. The van der Waals surface area contributed by atoms with Crippen molar-refractivity contribution >= 4 is 0 Å². The van der Waals surface area contributed by atoms with Crippen LogP contribution in [0.25, 0.3) is 0 Å². The molecule has 0 saturated carbocycles. The van der Waals surface area contributed by atoms with Gasteiger partial charge in [0.15, 0.2) is 0 Å². The fourth-order valence-electron chi connectivity index (χ4n) is 4.46. The van der Waals surface area contributed by atoms with Crippen molar-refractivity contribution in [1.82, 2.24) is 19.6 Å². The van der Waals surface area contributed by atoms with Crippen LogP contribution in [0.2, 0.25) is 0 Å². The Morgan fingerprint density at radius 2 is 1.17 bits per heavy atom. The molecule has 0 aromatic rings. The molecule has 4 saturated heterocycles. The van der Waals surface area contributed by atoms with Crippen molar-refractivity contribution in [3.8, 4) is 0 Å². The van der Waals surface area contributed by atoms with Crippen LogP contribution in [0.1, 0.15) is 33.5 Å². The van der Waals surface area contributed by atoms with E-state index in [1.54, 1.807) is 0 Å². The Balaban J connectivity index is 0.000000211. The van der Waals surface area contributed by atoms with E-state index in [0.717, 1.165) is 12.1 Å². The highest BCUT2D eigenvalue weighted by atomic mass is 15.3. The van der Waals surface area contributed by atoms with Gasteiger partial charge < -0.3 is 9.80 Å². The van der Waals surface area contributed by atoms with E-state index in [4.69, 9.17) is 0 Å². The molecule has 0 aliphatic carbocycles. The Bertz CT molecular complexity index is 335. The summed E-state index contributed by atoms with van der Waals surface area (Å²) in [5, 5.41) is 0. The molecule has 4 heteroatoms. The predicted octanol–water partition coefficient (Wildman–Crippen LogP) is 2.23. The number of piperazine rings is 1. The summed E-state index contributed by atoms with van der Waals surface area (Å²) in [5.74, 6) is 0. The van der Waals surface area contributed by atoms with E-state index in [9.17, 15) is 0 Å². The van der Waals surface area contributed by atoms with E-state index in [1.807, 2.05) is 0 Å². The second-order valence-electron chi connectivity index (χ2n) is 7.54. The van der Waals surface area contributed by atoms with Crippen LogP contribution in [-0.2, 0) is 0 Å². The monoisotopic (exact) mass is 324 g/mol.